The smallest absolute Gasteiger partial charge is 0.219 e. The number of carbonyl (C=O) groups excluding carboxylic acids is 1. The summed E-state index contributed by atoms with van der Waals surface area (Å²) in [5, 5.41) is 8.27. The topological polar surface area (TPSA) is 97.8 Å². The zero-order valence-electron chi connectivity index (χ0n) is 28.2. The fourth-order valence-corrected chi connectivity index (χ4v) is 7.22. The van der Waals surface area contributed by atoms with Crippen molar-refractivity contribution in [1.82, 2.24) is 25.5 Å². The van der Waals surface area contributed by atoms with Gasteiger partial charge in [0.25, 0.3) is 0 Å². The molecule has 258 valence electrons. The van der Waals surface area contributed by atoms with Crippen LogP contribution >= 0.6 is 23.2 Å². The highest BCUT2D eigenvalue weighted by molar-refractivity contribution is 6.39. The van der Waals surface area contributed by atoms with Crippen LogP contribution in [-0.2, 0) is 22.6 Å². The molecule has 2 fully saturated rings. The third-order valence-corrected chi connectivity index (χ3v) is 10.3. The first kappa shape index (κ1) is 35.1. The van der Waals surface area contributed by atoms with Crippen molar-refractivity contribution in [3.63, 3.8) is 0 Å². The number of ether oxygens (including phenoxy) is 3. The van der Waals surface area contributed by atoms with Gasteiger partial charge in [0.1, 0.15) is 5.75 Å². The summed E-state index contributed by atoms with van der Waals surface area (Å²) >= 11 is 14.2. The number of halogens is 2. The lowest BCUT2D eigenvalue weighted by Gasteiger charge is -2.32. The molecular formula is C38H43Cl2N5O4. The third-order valence-electron chi connectivity index (χ3n) is 9.47. The predicted octanol–water partition coefficient (Wildman–Crippen LogP) is 7.17. The van der Waals surface area contributed by atoms with Crippen LogP contribution in [0.1, 0.15) is 43.7 Å². The number of rotatable bonds is 11. The van der Waals surface area contributed by atoms with Crippen molar-refractivity contribution in [1.29, 1.82) is 0 Å². The normalized spacial score (nSPS) is 15.7. The third kappa shape index (κ3) is 8.19. The van der Waals surface area contributed by atoms with E-state index < -0.39 is 0 Å². The van der Waals surface area contributed by atoms with Gasteiger partial charge < -0.3 is 29.7 Å². The molecule has 2 aliphatic heterocycles. The van der Waals surface area contributed by atoms with Gasteiger partial charge in [-0.3, -0.25) is 9.78 Å². The average Bonchev–Trinajstić information content (AvgIpc) is 3.14. The van der Waals surface area contributed by atoms with Crippen molar-refractivity contribution in [2.75, 3.05) is 40.5 Å². The first-order valence-corrected chi connectivity index (χ1v) is 17.6. The SMILES string of the molecule is COc1cc(-c2nccc(-c3cccc(-c4ccc(CNC5CCOCC5)c(OC)n4)c3Cl)c2Cl)ccc1CNC1CCN(C(C)=O)CC1. The first-order valence-electron chi connectivity index (χ1n) is 16.8. The number of nitrogens with zero attached hydrogens (tertiary/aromatic N) is 3. The van der Waals surface area contributed by atoms with Crippen LogP contribution in [0.3, 0.4) is 0 Å². The number of pyridine rings is 2. The lowest BCUT2D eigenvalue weighted by molar-refractivity contribution is -0.129. The molecule has 1 amide bonds. The molecule has 2 aromatic carbocycles. The van der Waals surface area contributed by atoms with E-state index in [1.807, 2.05) is 59.5 Å². The van der Waals surface area contributed by atoms with E-state index >= 15 is 0 Å². The maximum absolute atomic E-state index is 11.7. The Kier molecular flexibility index (Phi) is 11.7. The molecule has 0 aliphatic carbocycles. The Bertz CT molecular complexity index is 1770. The predicted molar refractivity (Wildman–Crippen MR) is 194 cm³/mol. The molecule has 0 spiro atoms. The van der Waals surface area contributed by atoms with Gasteiger partial charge in [-0.2, -0.15) is 0 Å². The summed E-state index contributed by atoms with van der Waals surface area (Å²) in [4.78, 5) is 23.1. The van der Waals surface area contributed by atoms with Crippen LogP contribution in [0, 0.1) is 0 Å². The molecule has 49 heavy (non-hydrogen) atoms. The van der Waals surface area contributed by atoms with Crippen molar-refractivity contribution >= 4 is 29.1 Å². The second kappa shape index (κ2) is 16.3. The maximum atomic E-state index is 11.7. The van der Waals surface area contributed by atoms with Gasteiger partial charge in [-0.05, 0) is 43.9 Å². The number of hydrogen-bond acceptors (Lipinski definition) is 8. The molecule has 2 N–H and O–H groups in total. The fraction of sp³-hybridized carbons (Fsp3) is 0.395. The Morgan fingerprint density at radius 2 is 1.53 bits per heavy atom. The Balaban J connectivity index is 1.21. The number of piperidine rings is 1. The Morgan fingerprint density at radius 1 is 0.857 bits per heavy atom. The van der Waals surface area contributed by atoms with Crippen LogP contribution in [0.15, 0.2) is 60.8 Å². The maximum Gasteiger partial charge on any atom is 0.219 e. The van der Waals surface area contributed by atoms with E-state index in [1.165, 1.54) is 0 Å². The quantitative estimate of drug-likeness (QED) is 0.170. The number of likely N-dealkylation sites (tertiary alicyclic amines) is 1. The fourth-order valence-electron chi connectivity index (χ4n) is 6.57. The molecule has 4 aromatic rings. The minimum Gasteiger partial charge on any atom is -0.496 e. The molecule has 4 heterocycles. The molecule has 6 rings (SSSR count). The van der Waals surface area contributed by atoms with E-state index in [1.54, 1.807) is 27.3 Å². The number of methoxy groups -OCH3 is 2. The number of carbonyl (C=O) groups is 1. The Hall–Kier alpha value is -3.73. The largest absolute Gasteiger partial charge is 0.496 e. The highest BCUT2D eigenvalue weighted by Crippen LogP contribution is 2.42. The number of benzene rings is 2. The summed E-state index contributed by atoms with van der Waals surface area (Å²) < 4.78 is 17.0. The van der Waals surface area contributed by atoms with Gasteiger partial charge in [-0.1, -0.05) is 59.6 Å². The number of amides is 1. The highest BCUT2D eigenvalue weighted by atomic mass is 35.5. The molecule has 11 heteroatoms. The van der Waals surface area contributed by atoms with Crippen molar-refractivity contribution in [3.8, 4) is 45.3 Å². The van der Waals surface area contributed by atoms with Crippen molar-refractivity contribution < 1.29 is 19.0 Å². The van der Waals surface area contributed by atoms with Gasteiger partial charge in [0.15, 0.2) is 0 Å². The van der Waals surface area contributed by atoms with E-state index in [2.05, 4.69) is 15.6 Å². The summed E-state index contributed by atoms with van der Waals surface area (Å²) in [7, 11) is 3.31. The van der Waals surface area contributed by atoms with Crippen LogP contribution in [0.4, 0.5) is 0 Å². The summed E-state index contributed by atoms with van der Waals surface area (Å²) in [6.45, 7) is 6.08. The Labute approximate surface area is 298 Å². The molecule has 2 aromatic heterocycles. The van der Waals surface area contributed by atoms with Crippen LogP contribution in [0.25, 0.3) is 33.6 Å². The lowest BCUT2D eigenvalue weighted by Crippen LogP contribution is -2.43. The van der Waals surface area contributed by atoms with E-state index in [0.717, 1.165) is 91.1 Å². The van der Waals surface area contributed by atoms with Gasteiger partial charge in [-0.25, -0.2) is 4.98 Å². The van der Waals surface area contributed by atoms with Crippen molar-refractivity contribution in [3.05, 3.63) is 82.0 Å². The summed E-state index contributed by atoms with van der Waals surface area (Å²) in [6, 6.07) is 18.6. The van der Waals surface area contributed by atoms with Crippen LogP contribution in [0.5, 0.6) is 11.6 Å². The van der Waals surface area contributed by atoms with E-state index in [0.29, 0.717) is 52.5 Å². The molecule has 9 nitrogen and oxygen atoms in total. The molecule has 0 atom stereocenters. The van der Waals surface area contributed by atoms with Gasteiger partial charge in [-0.15, -0.1) is 0 Å². The molecule has 0 radical (unpaired) electrons. The summed E-state index contributed by atoms with van der Waals surface area (Å²) in [6.07, 6.45) is 5.60. The van der Waals surface area contributed by atoms with Crippen LogP contribution in [-0.4, -0.2) is 73.4 Å². The zero-order valence-corrected chi connectivity index (χ0v) is 29.7. The van der Waals surface area contributed by atoms with Gasteiger partial charge in [0.05, 0.1) is 35.7 Å². The minimum absolute atomic E-state index is 0.138. The standard InChI is InChI=1S/C38H43Cl2N5O4/c1-24(46)45-17-12-28(13-18-45)42-22-26-8-7-25(21-34(26)47-2)37-36(40)31(11-16-41-37)30-5-4-6-32(35(30)39)33-10-9-27(38(44-33)48-3)23-43-29-14-19-49-20-15-29/h4-11,16,21,28-29,42-43H,12-15,17-20,22-23H2,1-3H3. The lowest BCUT2D eigenvalue weighted by atomic mass is 9.99. The van der Waals surface area contributed by atoms with E-state index in [9.17, 15) is 4.79 Å². The Morgan fingerprint density at radius 3 is 2.24 bits per heavy atom. The van der Waals surface area contributed by atoms with Crippen molar-refractivity contribution in [2.24, 2.45) is 0 Å². The number of hydrogen-bond donors (Lipinski definition) is 2. The first-order chi connectivity index (χ1) is 23.9. The second-order valence-corrected chi connectivity index (χ2v) is 13.3. The van der Waals surface area contributed by atoms with Crippen LogP contribution < -0.4 is 20.1 Å². The van der Waals surface area contributed by atoms with E-state index in [-0.39, 0.29) is 5.91 Å². The molecule has 0 unspecified atom stereocenters. The summed E-state index contributed by atoms with van der Waals surface area (Å²) in [5.74, 6) is 1.45. The van der Waals surface area contributed by atoms with Gasteiger partial charge >= 0.3 is 0 Å². The molecular weight excluding hydrogens is 661 g/mol. The summed E-state index contributed by atoms with van der Waals surface area (Å²) in [5.41, 5.74) is 6.54. The monoisotopic (exact) mass is 703 g/mol. The van der Waals surface area contributed by atoms with Gasteiger partial charge in [0.2, 0.25) is 11.8 Å². The van der Waals surface area contributed by atoms with Crippen molar-refractivity contribution in [2.45, 2.75) is 57.8 Å². The minimum atomic E-state index is 0.138. The zero-order chi connectivity index (χ0) is 34.3. The second-order valence-electron chi connectivity index (χ2n) is 12.5. The highest BCUT2D eigenvalue weighted by Gasteiger charge is 2.22. The molecule has 0 bridgehead atoms. The molecule has 0 saturated carbocycles. The van der Waals surface area contributed by atoms with E-state index in [4.69, 9.17) is 42.4 Å². The molecule has 2 aliphatic rings. The van der Waals surface area contributed by atoms with Gasteiger partial charge in [0, 0.05) is 98.0 Å². The number of aromatic nitrogens is 2. The average molecular weight is 705 g/mol. The molecule has 2 saturated heterocycles. The number of nitrogens with one attached hydrogen (secondary N) is 2. The van der Waals surface area contributed by atoms with Crippen LogP contribution in [0.2, 0.25) is 10.0 Å².